The minimum atomic E-state index is -4.02. The zero-order valence-electron chi connectivity index (χ0n) is 6.62. The molecule has 1 atom stereocenters. The molecule has 4 nitrogen and oxygen atoms in total. The van der Waals surface area contributed by atoms with E-state index in [0.717, 1.165) is 0 Å². The summed E-state index contributed by atoms with van der Waals surface area (Å²) in [5.74, 6) is -0.534. The summed E-state index contributed by atoms with van der Waals surface area (Å²) in [6.45, 7) is 1.58. The quantitative estimate of drug-likeness (QED) is 0.505. The number of hydrogen-bond donors (Lipinski definition) is 1. The van der Waals surface area contributed by atoms with Gasteiger partial charge in [0.05, 0.1) is 0 Å². The van der Waals surface area contributed by atoms with Gasteiger partial charge in [-0.3, -0.25) is 4.55 Å². The van der Waals surface area contributed by atoms with Crippen molar-refractivity contribution in [1.82, 2.24) is 0 Å². The Hall–Kier alpha value is -0.200. The normalized spacial score (nSPS) is 17.8. The van der Waals surface area contributed by atoms with Crippen LogP contribution >= 0.6 is 0 Å². The number of quaternary nitrogens is 1. The van der Waals surface area contributed by atoms with Gasteiger partial charge in [0.1, 0.15) is 25.9 Å². The van der Waals surface area contributed by atoms with E-state index in [4.69, 9.17) is 4.55 Å². The van der Waals surface area contributed by atoms with Gasteiger partial charge in [0, 0.05) is 0 Å². The molecule has 0 amide bonds. The molecule has 6 heteroatoms. The van der Waals surface area contributed by atoms with E-state index >= 15 is 0 Å². The molecule has 0 aliphatic rings. The second-order valence-corrected chi connectivity index (χ2v) is 4.16. The van der Waals surface area contributed by atoms with E-state index < -0.39 is 20.6 Å². The third-order valence-electron chi connectivity index (χ3n) is 1.47. The Morgan fingerprint density at radius 1 is 1.55 bits per heavy atom. The van der Waals surface area contributed by atoms with Crippen molar-refractivity contribution in [2.75, 3.05) is 25.9 Å². The fourth-order valence-electron chi connectivity index (χ4n) is 0.464. The molecule has 0 aromatic heterocycles. The fourth-order valence-corrected chi connectivity index (χ4v) is 1.08. The highest BCUT2D eigenvalue weighted by molar-refractivity contribution is 7.85. The minimum absolute atomic E-state index is 0.190. The van der Waals surface area contributed by atoms with E-state index in [2.05, 4.69) is 0 Å². The van der Waals surface area contributed by atoms with Crippen molar-refractivity contribution >= 4 is 10.1 Å². The summed E-state index contributed by atoms with van der Waals surface area (Å²) in [6.07, 6.45) is 0. The molecule has 0 radical (unpaired) electrons. The van der Waals surface area contributed by atoms with E-state index in [0.29, 0.717) is 0 Å². The summed E-state index contributed by atoms with van der Waals surface area (Å²) in [6, 6.07) is 0. The van der Waals surface area contributed by atoms with Crippen LogP contribution in [0.15, 0.2) is 0 Å². The number of rotatable bonds is 4. The largest absolute Gasteiger partial charge is 0.285 e. The van der Waals surface area contributed by atoms with Crippen LogP contribution in [0.5, 0.6) is 0 Å². The van der Waals surface area contributed by atoms with Gasteiger partial charge >= 0.3 is 0 Å². The van der Waals surface area contributed by atoms with Crippen LogP contribution < -0.4 is 0 Å². The molecular weight excluding hydrogens is 173 g/mol. The zero-order chi connectivity index (χ0) is 9.12. The molecule has 0 fully saturated rings. The zero-order valence-corrected chi connectivity index (χ0v) is 7.43. The number of nitrogens with zero attached hydrogens (tertiary/aromatic N) is 1. The molecule has 0 aliphatic carbocycles. The minimum Gasteiger partial charge on any atom is -0.285 e. The van der Waals surface area contributed by atoms with E-state index in [1.54, 1.807) is 6.92 Å². The first-order valence-corrected chi connectivity index (χ1v) is 4.87. The average molecular weight is 186 g/mol. The first kappa shape index (κ1) is 10.8. The molecule has 0 rings (SSSR count). The van der Waals surface area contributed by atoms with Crippen LogP contribution in [-0.2, 0) is 10.1 Å². The van der Waals surface area contributed by atoms with Crippen LogP contribution in [-0.4, -0.2) is 43.6 Å². The van der Waals surface area contributed by atoms with Gasteiger partial charge in [-0.25, -0.2) is 0 Å². The maximum Gasteiger partial charge on any atom is 0.270 e. The Balaban J connectivity index is 3.90. The highest BCUT2D eigenvalue weighted by Gasteiger charge is 2.21. The molecular formula is C5H13FNO3S+. The Morgan fingerprint density at radius 2 is 2.00 bits per heavy atom. The molecule has 0 heterocycles. The van der Waals surface area contributed by atoms with Crippen LogP contribution in [0.4, 0.5) is 4.48 Å². The van der Waals surface area contributed by atoms with Gasteiger partial charge < -0.3 is 0 Å². The second kappa shape index (κ2) is 3.46. The first-order valence-electron chi connectivity index (χ1n) is 3.26. The maximum absolute atomic E-state index is 12.9. The molecule has 1 N–H and O–H groups in total. The molecule has 0 aromatic carbocycles. The Kier molecular flexibility index (Phi) is 3.40. The molecule has 11 heavy (non-hydrogen) atoms. The van der Waals surface area contributed by atoms with Gasteiger partial charge in [-0.2, -0.15) is 8.42 Å². The third-order valence-corrected chi connectivity index (χ3v) is 2.17. The number of hydrogen-bond acceptors (Lipinski definition) is 2. The van der Waals surface area contributed by atoms with Crippen molar-refractivity contribution in [3.05, 3.63) is 0 Å². The van der Waals surface area contributed by atoms with E-state index in [-0.39, 0.29) is 13.1 Å². The van der Waals surface area contributed by atoms with Gasteiger partial charge in [0.2, 0.25) is 0 Å². The summed E-state index contributed by atoms with van der Waals surface area (Å²) < 4.78 is 40.6. The van der Waals surface area contributed by atoms with Gasteiger partial charge in [-0.15, -0.1) is 4.71 Å². The van der Waals surface area contributed by atoms with E-state index in [9.17, 15) is 12.9 Å². The lowest BCUT2D eigenvalue weighted by Gasteiger charge is -2.17. The van der Waals surface area contributed by atoms with Gasteiger partial charge in [-0.1, -0.05) is 0 Å². The van der Waals surface area contributed by atoms with Crippen molar-refractivity contribution in [1.29, 1.82) is 0 Å². The number of halogens is 1. The summed E-state index contributed by atoms with van der Waals surface area (Å²) in [5.41, 5.74) is 0. The van der Waals surface area contributed by atoms with Crippen LogP contribution in [0, 0.1) is 0 Å². The predicted octanol–water partition coefficient (Wildman–Crippen LogP) is 0.225. The molecule has 0 aromatic rings. The lowest BCUT2D eigenvalue weighted by atomic mass is 10.6. The second-order valence-electron chi connectivity index (χ2n) is 2.59. The van der Waals surface area contributed by atoms with Crippen molar-refractivity contribution < 1.29 is 22.2 Å². The van der Waals surface area contributed by atoms with E-state index in [1.165, 1.54) is 7.05 Å². The lowest BCUT2D eigenvalue weighted by molar-refractivity contribution is -1.04. The molecule has 0 aliphatic heterocycles. The summed E-state index contributed by atoms with van der Waals surface area (Å²) in [5, 5.41) is 0. The summed E-state index contributed by atoms with van der Waals surface area (Å²) in [7, 11) is -2.77. The summed E-state index contributed by atoms with van der Waals surface area (Å²) >= 11 is 0. The van der Waals surface area contributed by atoms with Crippen LogP contribution in [0.1, 0.15) is 6.92 Å². The van der Waals surface area contributed by atoms with Gasteiger partial charge in [-0.05, 0) is 11.4 Å². The fraction of sp³-hybridized carbons (Fsp3) is 1.00. The lowest BCUT2D eigenvalue weighted by Crippen LogP contribution is -2.38. The predicted molar refractivity (Wildman–Crippen MR) is 39.1 cm³/mol. The molecule has 0 saturated carbocycles. The Morgan fingerprint density at radius 3 is 2.27 bits per heavy atom. The van der Waals surface area contributed by atoms with Crippen molar-refractivity contribution in [3.63, 3.8) is 0 Å². The Labute approximate surface area is 65.9 Å². The molecule has 0 spiro atoms. The van der Waals surface area contributed by atoms with Gasteiger partial charge in [0.25, 0.3) is 10.1 Å². The average Bonchev–Trinajstić information content (AvgIpc) is 1.83. The third kappa shape index (κ3) is 6.21. The van der Waals surface area contributed by atoms with Crippen molar-refractivity contribution in [2.24, 2.45) is 0 Å². The maximum atomic E-state index is 12.9. The van der Waals surface area contributed by atoms with Crippen LogP contribution in [0.25, 0.3) is 0 Å². The van der Waals surface area contributed by atoms with E-state index in [1.807, 2.05) is 0 Å². The SMILES string of the molecule is CC[N+](C)(F)CCS(=O)(=O)O. The smallest absolute Gasteiger partial charge is 0.270 e. The highest BCUT2D eigenvalue weighted by atomic mass is 32.2. The Bertz CT molecular complexity index is 212. The topological polar surface area (TPSA) is 54.4 Å². The van der Waals surface area contributed by atoms with Crippen LogP contribution in [0.3, 0.4) is 0 Å². The highest BCUT2D eigenvalue weighted by Crippen LogP contribution is 2.02. The summed E-state index contributed by atoms with van der Waals surface area (Å²) in [4.78, 5) is 0. The first-order chi connectivity index (χ1) is 4.77. The monoisotopic (exact) mass is 186 g/mol. The molecule has 1 unspecified atom stereocenters. The molecule has 0 saturated heterocycles. The molecule has 68 valence electrons. The standard InChI is InChI=1S/C5H12FNO3S/c1-3-7(2,6)4-5-11(8,9)10/h3-5H2,1-2H3/p+1. The van der Waals surface area contributed by atoms with Crippen molar-refractivity contribution in [3.8, 4) is 0 Å². The van der Waals surface area contributed by atoms with Crippen molar-refractivity contribution in [2.45, 2.75) is 6.92 Å². The molecule has 0 bridgehead atoms. The van der Waals surface area contributed by atoms with Gasteiger partial charge in [0.15, 0.2) is 0 Å². The van der Waals surface area contributed by atoms with Crippen LogP contribution in [0.2, 0.25) is 0 Å².